The van der Waals surface area contributed by atoms with Crippen LogP contribution in [-0.2, 0) is 6.54 Å². The van der Waals surface area contributed by atoms with E-state index in [0.717, 1.165) is 11.3 Å². The average molecular weight is 337 g/mol. The van der Waals surface area contributed by atoms with Crippen molar-refractivity contribution in [1.29, 1.82) is 10.8 Å². The Morgan fingerprint density at radius 2 is 1.92 bits per heavy atom. The van der Waals surface area contributed by atoms with Crippen molar-refractivity contribution >= 4 is 23.0 Å². The molecule has 0 aliphatic carbocycles. The van der Waals surface area contributed by atoms with Gasteiger partial charge in [-0.05, 0) is 37.1 Å². The lowest BCUT2D eigenvalue weighted by Crippen LogP contribution is -2.06. The molecule has 3 N–H and O–H groups in total. The Labute approximate surface area is 145 Å². The summed E-state index contributed by atoms with van der Waals surface area (Å²) in [6, 6.07) is 7.71. The molecule has 1 aliphatic heterocycles. The second kappa shape index (κ2) is 6.72. The molecule has 128 valence electrons. The maximum absolute atomic E-state index is 8.07. The second-order valence-corrected chi connectivity index (χ2v) is 5.66. The summed E-state index contributed by atoms with van der Waals surface area (Å²) in [7, 11) is 1.63. The largest absolute Gasteiger partial charge is 0.497 e. The van der Waals surface area contributed by atoms with Crippen LogP contribution in [0.2, 0.25) is 0 Å². The summed E-state index contributed by atoms with van der Waals surface area (Å²) in [5.74, 6) is 1.75. The van der Waals surface area contributed by atoms with Crippen LogP contribution in [0, 0.1) is 10.8 Å². The van der Waals surface area contributed by atoms with E-state index in [1.165, 1.54) is 6.33 Å². The van der Waals surface area contributed by atoms with Crippen LogP contribution in [0.25, 0.3) is 5.57 Å². The van der Waals surface area contributed by atoms with Crippen molar-refractivity contribution in [2.75, 3.05) is 12.4 Å². The Bertz CT molecular complexity index is 872. The van der Waals surface area contributed by atoms with Crippen LogP contribution in [-0.4, -0.2) is 28.7 Å². The minimum atomic E-state index is -0.00732. The number of benzene rings is 1. The Morgan fingerprint density at radius 3 is 2.56 bits per heavy atom. The van der Waals surface area contributed by atoms with E-state index in [1.54, 1.807) is 21.0 Å². The molecule has 0 bridgehead atoms. The normalized spacial score (nSPS) is 14.6. The molecule has 1 aromatic heterocycles. The predicted molar refractivity (Wildman–Crippen MR) is 96.7 cm³/mol. The van der Waals surface area contributed by atoms with Crippen molar-refractivity contribution in [3.05, 3.63) is 47.4 Å². The predicted octanol–water partition coefficient (Wildman–Crippen LogP) is 3.28. The summed E-state index contributed by atoms with van der Waals surface area (Å²) in [4.78, 5) is 8.47. The summed E-state index contributed by atoms with van der Waals surface area (Å²) >= 11 is 0. The molecule has 0 saturated carbocycles. The Morgan fingerprint density at radius 1 is 1.20 bits per heavy atom. The third kappa shape index (κ3) is 3.21. The molecule has 1 aliphatic rings. The number of ether oxygens (including phenoxy) is 2. The van der Waals surface area contributed by atoms with Crippen molar-refractivity contribution in [2.45, 2.75) is 20.4 Å². The molecule has 25 heavy (non-hydrogen) atoms. The monoisotopic (exact) mass is 337 g/mol. The quantitative estimate of drug-likeness (QED) is 0.726. The van der Waals surface area contributed by atoms with E-state index in [9.17, 15) is 0 Å². The third-order valence-corrected chi connectivity index (χ3v) is 4.03. The molecule has 1 aromatic carbocycles. The zero-order chi connectivity index (χ0) is 18.0. The number of nitrogens with one attached hydrogen (secondary N) is 3. The van der Waals surface area contributed by atoms with Crippen molar-refractivity contribution in [1.82, 2.24) is 9.97 Å². The Balaban J connectivity index is 1.87. The number of hydrogen-bond acceptors (Lipinski definition) is 7. The highest BCUT2D eigenvalue weighted by atomic mass is 16.5. The first-order valence-corrected chi connectivity index (χ1v) is 7.76. The lowest BCUT2D eigenvalue weighted by Gasteiger charge is -2.09. The first-order chi connectivity index (χ1) is 12.0. The molecule has 3 rings (SSSR count). The van der Waals surface area contributed by atoms with Gasteiger partial charge in [-0.1, -0.05) is 12.1 Å². The minimum absolute atomic E-state index is 0.00732. The molecule has 7 heteroatoms. The van der Waals surface area contributed by atoms with Gasteiger partial charge in [0.1, 0.15) is 17.8 Å². The molecule has 0 unspecified atom stereocenters. The molecule has 0 amide bonds. The molecule has 0 saturated heterocycles. The van der Waals surface area contributed by atoms with Crippen molar-refractivity contribution in [3.63, 3.8) is 0 Å². The van der Waals surface area contributed by atoms with Crippen molar-refractivity contribution in [2.24, 2.45) is 0 Å². The molecular weight excluding hydrogens is 318 g/mol. The number of methoxy groups -OCH3 is 1. The highest BCUT2D eigenvalue weighted by molar-refractivity contribution is 6.28. The van der Waals surface area contributed by atoms with E-state index in [-0.39, 0.29) is 5.90 Å². The van der Waals surface area contributed by atoms with Gasteiger partial charge >= 0.3 is 0 Å². The van der Waals surface area contributed by atoms with Gasteiger partial charge in [-0.15, -0.1) is 0 Å². The van der Waals surface area contributed by atoms with Gasteiger partial charge in [0.15, 0.2) is 11.6 Å². The summed E-state index contributed by atoms with van der Waals surface area (Å²) < 4.78 is 10.7. The number of hydrogen-bond donors (Lipinski definition) is 3. The highest BCUT2D eigenvalue weighted by Gasteiger charge is 2.31. The van der Waals surface area contributed by atoms with E-state index in [4.69, 9.17) is 20.3 Å². The van der Waals surface area contributed by atoms with E-state index in [0.29, 0.717) is 40.7 Å². The van der Waals surface area contributed by atoms with Crippen LogP contribution in [0.5, 0.6) is 11.5 Å². The van der Waals surface area contributed by atoms with Gasteiger partial charge in [0.05, 0.1) is 12.7 Å². The van der Waals surface area contributed by atoms with E-state index < -0.39 is 0 Å². The van der Waals surface area contributed by atoms with Gasteiger partial charge in [-0.25, -0.2) is 9.97 Å². The van der Waals surface area contributed by atoms with Gasteiger partial charge in [-0.3, -0.25) is 5.41 Å². The smallest absolute Gasteiger partial charge is 0.222 e. The van der Waals surface area contributed by atoms with Crippen LogP contribution in [0.4, 0.5) is 5.82 Å². The Hall–Kier alpha value is -3.22. The number of allylic oxidation sites excluding steroid dienone is 1. The first kappa shape index (κ1) is 16.6. The van der Waals surface area contributed by atoms with Crippen LogP contribution in [0.1, 0.15) is 25.1 Å². The fourth-order valence-corrected chi connectivity index (χ4v) is 2.50. The van der Waals surface area contributed by atoms with Crippen LogP contribution < -0.4 is 14.8 Å². The average Bonchev–Trinajstić information content (AvgIpc) is 2.96. The lowest BCUT2D eigenvalue weighted by molar-refractivity contribution is 0.414. The number of rotatable bonds is 5. The molecule has 0 fully saturated rings. The fourth-order valence-electron chi connectivity index (χ4n) is 2.50. The van der Waals surface area contributed by atoms with Gasteiger partial charge in [0.25, 0.3) is 0 Å². The topological polar surface area (TPSA) is 104 Å². The Kier molecular flexibility index (Phi) is 4.47. The van der Waals surface area contributed by atoms with Gasteiger partial charge < -0.3 is 20.2 Å². The van der Waals surface area contributed by atoms with Crippen LogP contribution in [0.3, 0.4) is 0 Å². The molecule has 2 heterocycles. The van der Waals surface area contributed by atoms with Crippen LogP contribution >= 0.6 is 0 Å². The van der Waals surface area contributed by atoms with Crippen molar-refractivity contribution < 1.29 is 9.47 Å². The molecule has 2 aromatic rings. The summed E-state index contributed by atoms with van der Waals surface area (Å²) in [5.41, 5.74) is 3.19. The van der Waals surface area contributed by atoms with Crippen molar-refractivity contribution in [3.8, 4) is 11.5 Å². The van der Waals surface area contributed by atoms with E-state index in [1.807, 2.05) is 24.3 Å². The second-order valence-electron chi connectivity index (χ2n) is 5.66. The van der Waals surface area contributed by atoms with E-state index >= 15 is 0 Å². The minimum Gasteiger partial charge on any atom is -0.497 e. The first-order valence-electron chi connectivity index (χ1n) is 7.76. The summed E-state index contributed by atoms with van der Waals surface area (Å²) in [6.07, 6.45) is 1.43. The van der Waals surface area contributed by atoms with Gasteiger partial charge in [0, 0.05) is 12.3 Å². The van der Waals surface area contributed by atoms with E-state index in [2.05, 4.69) is 15.3 Å². The molecule has 0 spiro atoms. The maximum atomic E-state index is 8.07. The fraction of sp³-hybridized carbons (Fsp3) is 0.222. The number of nitrogens with zero attached hydrogens (tertiary/aromatic N) is 2. The number of fused-ring (bicyclic) bond motifs is 1. The van der Waals surface area contributed by atoms with Crippen LogP contribution in [0.15, 0.2) is 36.2 Å². The molecule has 7 nitrogen and oxygen atoms in total. The lowest BCUT2D eigenvalue weighted by atomic mass is 10.0. The number of anilines is 1. The molecular formula is C18H19N5O2. The third-order valence-electron chi connectivity index (χ3n) is 4.03. The standard InChI is InChI=1S/C18H19N5O2/c1-10(11(2)19)14-15-16(25-17(14)20)18(23-9-22-15)21-8-12-4-6-13(24-3)7-5-12/h4-7,9,19-20H,8H2,1-3H3,(H,21,22,23)/b14-10-,19-11?,20-17?. The summed E-state index contributed by atoms with van der Waals surface area (Å²) in [6.45, 7) is 4.01. The zero-order valence-electron chi connectivity index (χ0n) is 14.3. The highest BCUT2D eigenvalue weighted by Crippen LogP contribution is 2.39. The number of aromatic nitrogens is 2. The van der Waals surface area contributed by atoms with Gasteiger partial charge in [-0.2, -0.15) is 0 Å². The molecule has 0 atom stereocenters. The maximum Gasteiger partial charge on any atom is 0.222 e. The summed E-state index contributed by atoms with van der Waals surface area (Å²) in [5, 5.41) is 19.1. The zero-order valence-corrected chi connectivity index (χ0v) is 14.3. The molecule has 0 radical (unpaired) electrons. The van der Waals surface area contributed by atoms with Gasteiger partial charge in [0.2, 0.25) is 5.90 Å². The SMILES string of the molecule is COc1ccc(CNc2ncnc3c2OC(=N)/C3=C(/C)C(C)=N)cc1.